The SMILES string of the molecule is CCCNC(=O)CNC(=O)c1cc(OC)ccc1N. The number of anilines is 1. The Balaban J connectivity index is 2.60. The number of carbonyl (C=O) groups excluding carboxylic acids is 2. The number of rotatable bonds is 6. The summed E-state index contributed by atoms with van der Waals surface area (Å²) in [5.41, 5.74) is 6.35. The first kappa shape index (κ1) is 14.8. The summed E-state index contributed by atoms with van der Waals surface area (Å²) in [7, 11) is 1.51. The molecule has 1 rings (SSSR count). The number of nitrogen functional groups attached to an aromatic ring is 1. The van der Waals surface area contributed by atoms with Crippen molar-refractivity contribution in [1.29, 1.82) is 0 Å². The van der Waals surface area contributed by atoms with Gasteiger partial charge in [0.05, 0.1) is 19.2 Å². The fraction of sp³-hybridized carbons (Fsp3) is 0.385. The fourth-order valence-corrected chi connectivity index (χ4v) is 1.44. The van der Waals surface area contributed by atoms with Gasteiger partial charge in [-0.1, -0.05) is 6.92 Å². The summed E-state index contributed by atoms with van der Waals surface area (Å²) in [6.45, 7) is 2.47. The van der Waals surface area contributed by atoms with E-state index >= 15 is 0 Å². The van der Waals surface area contributed by atoms with Gasteiger partial charge in [0.25, 0.3) is 5.91 Å². The molecule has 0 spiro atoms. The molecule has 0 aliphatic rings. The molecule has 1 aromatic rings. The zero-order valence-corrected chi connectivity index (χ0v) is 11.2. The molecule has 2 amide bonds. The van der Waals surface area contributed by atoms with Gasteiger partial charge in [-0.25, -0.2) is 0 Å². The number of nitrogens with two attached hydrogens (primary N) is 1. The zero-order chi connectivity index (χ0) is 14.3. The van der Waals surface area contributed by atoms with E-state index in [4.69, 9.17) is 10.5 Å². The van der Waals surface area contributed by atoms with Crippen LogP contribution >= 0.6 is 0 Å². The van der Waals surface area contributed by atoms with Crippen LogP contribution in [-0.4, -0.2) is 32.0 Å². The van der Waals surface area contributed by atoms with Crippen molar-refractivity contribution in [1.82, 2.24) is 10.6 Å². The number of ether oxygens (including phenoxy) is 1. The number of amides is 2. The third-order valence-electron chi connectivity index (χ3n) is 2.49. The predicted molar refractivity (Wildman–Crippen MR) is 73.0 cm³/mol. The Morgan fingerprint density at radius 3 is 2.68 bits per heavy atom. The highest BCUT2D eigenvalue weighted by Crippen LogP contribution is 2.19. The van der Waals surface area contributed by atoms with Crippen molar-refractivity contribution in [2.45, 2.75) is 13.3 Å². The van der Waals surface area contributed by atoms with E-state index in [-0.39, 0.29) is 12.5 Å². The van der Waals surface area contributed by atoms with Crippen LogP contribution in [0.25, 0.3) is 0 Å². The summed E-state index contributed by atoms with van der Waals surface area (Å²) in [5, 5.41) is 5.18. The second-order valence-electron chi connectivity index (χ2n) is 3.99. The van der Waals surface area contributed by atoms with Gasteiger partial charge in [0.15, 0.2) is 0 Å². The number of carbonyl (C=O) groups is 2. The molecule has 0 bridgehead atoms. The molecule has 4 N–H and O–H groups in total. The lowest BCUT2D eigenvalue weighted by atomic mass is 10.1. The highest BCUT2D eigenvalue weighted by Gasteiger charge is 2.12. The first-order chi connectivity index (χ1) is 9.08. The molecular weight excluding hydrogens is 246 g/mol. The van der Waals surface area contributed by atoms with Crippen molar-refractivity contribution in [3.63, 3.8) is 0 Å². The van der Waals surface area contributed by atoms with Crippen molar-refractivity contribution in [3.05, 3.63) is 23.8 Å². The van der Waals surface area contributed by atoms with Crippen LogP contribution in [0.5, 0.6) is 5.75 Å². The van der Waals surface area contributed by atoms with Gasteiger partial charge >= 0.3 is 0 Å². The fourth-order valence-electron chi connectivity index (χ4n) is 1.44. The molecule has 6 nitrogen and oxygen atoms in total. The number of benzene rings is 1. The predicted octanol–water partition coefficient (Wildman–Crippen LogP) is 0.533. The number of hydrogen-bond acceptors (Lipinski definition) is 4. The molecule has 0 saturated heterocycles. The van der Waals surface area contributed by atoms with Gasteiger partial charge in [-0.2, -0.15) is 0 Å². The lowest BCUT2D eigenvalue weighted by Gasteiger charge is -2.09. The van der Waals surface area contributed by atoms with E-state index in [1.165, 1.54) is 13.2 Å². The molecular formula is C13H19N3O3. The van der Waals surface area contributed by atoms with Gasteiger partial charge in [-0.05, 0) is 24.6 Å². The van der Waals surface area contributed by atoms with Gasteiger partial charge in [-0.15, -0.1) is 0 Å². The second kappa shape index (κ2) is 7.25. The minimum atomic E-state index is -0.400. The maximum absolute atomic E-state index is 11.9. The summed E-state index contributed by atoms with van der Waals surface area (Å²) >= 11 is 0. The molecule has 1 aromatic carbocycles. The van der Waals surface area contributed by atoms with E-state index in [2.05, 4.69) is 10.6 Å². The topological polar surface area (TPSA) is 93.5 Å². The van der Waals surface area contributed by atoms with Gasteiger partial charge in [-0.3, -0.25) is 9.59 Å². The van der Waals surface area contributed by atoms with E-state index in [9.17, 15) is 9.59 Å². The van der Waals surface area contributed by atoms with E-state index in [1.807, 2.05) is 6.92 Å². The first-order valence-corrected chi connectivity index (χ1v) is 6.07. The van der Waals surface area contributed by atoms with Gasteiger partial charge in [0.2, 0.25) is 5.91 Å². The van der Waals surface area contributed by atoms with Crippen molar-refractivity contribution < 1.29 is 14.3 Å². The van der Waals surface area contributed by atoms with Crippen molar-refractivity contribution in [3.8, 4) is 5.75 Å². The van der Waals surface area contributed by atoms with Crippen molar-refractivity contribution in [2.24, 2.45) is 0 Å². The minimum absolute atomic E-state index is 0.0739. The Kier molecular flexibility index (Phi) is 5.66. The summed E-state index contributed by atoms with van der Waals surface area (Å²) in [6, 6.07) is 4.79. The lowest BCUT2D eigenvalue weighted by molar-refractivity contribution is -0.120. The molecule has 0 aliphatic carbocycles. The molecule has 0 heterocycles. The van der Waals surface area contributed by atoms with Gasteiger partial charge in [0.1, 0.15) is 5.75 Å². The third kappa shape index (κ3) is 4.50. The Bertz CT molecular complexity index is 460. The summed E-state index contributed by atoms with van der Waals surface area (Å²) < 4.78 is 5.02. The highest BCUT2D eigenvalue weighted by atomic mass is 16.5. The molecule has 0 saturated carbocycles. The van der Waals surface area contributed by atoms with E-state index < -0.39 is 5.91 Å². The maximum Gasteiger partial charge on any atom is 0.253 e. The molecule has 0 atom stereocenters. The van der Waals surface area contributed by atoms with Crippen molar-refractivity contribution >= 4 is 17.5 Å². The Hall–Kier alpha value is -2.24. The van der Waals surface area contributed by atoms with Crippen LogP contribution < -0.4 is 21.1 Å². The first-order valence-electron chi connectivity index (χ1n) is 6.07. The van der Waals surface area contributed by atoms with Gasteiger partial charge < -0.3 is 21.1 Å². The zero-order valence-electron chi connectivity index (χ0n) is 11.2. The van der Waals surface area contributed by atoms with Crippen LogP contribution in [0.1, 0.15) is 23.7 Å². The van der Waals surface area contributed by atoms with Crippen molar-refractivity contribution in [2.75, 3.05) is 25.9 Å². The number of methoxy groups -OCH3 is 1. The average molecular weight is 265 g/mol. The molecule has 0 aliphatic heterocycles. The quantitative estimate of drug-likeness (QED) is 0.654. The van der Waals surface area contributed by atoms with E-state index in [1.54, 1.807) is 12.1 Å². The molecule has 0 radical (unpaired) electrons. The smallest absolute Gasteiger partial charge is 0.253 e. The molecule has 0 fully saturated rings. The highest BCUT2D eigenvalue weighted by molar-refractivity contribution is 6.01. The Labute approximate surface area is 112 Å². The molecule has 0 unspecified atom stereocenters. The summed E-state index contributed by atoms with van der Waals surface area (Å²) in [4.78, 5) is 23.2. The lowest BCUT2D eigenvalue weighted by Crippen LogP contribution is -2.37. The molecule has 104 valence electrons. The largest absolute Gasteiger partial charge is 0.497 e. The molecule has 19 heavy (non-hydrogen) atoms. The third-order valence-corrected chi connectivity index (χ3v) is 2.49. The summed E-state index contributed by atoms with van der Waals surface area (Å²) in [5.74, 6) is -0.0884. The van der Waals surface area contributed by atoms with Crippen LogP contribution in [0.15, 0.2) is 18.2 Å². The second-order valence-corrected chi connectivity index (χ2v) is 3.99. The Morgan fingerprint density at radius 2 is 2.05 bits per heavy atom. The normalized spacial score (nSPS) is 9.79. The van der Waals surface area contributed by atoms with Crippen LogP contribution in [0.2, 0.25) is 0 Å². The number of hydrogen-bond donors (Lipinski definition) is 3. The van der Waals surface area contributed by atoms with E-state index in [0.717, 1.165) is 6.42 Å². The Morgan fingerprint density at radius 1 is 1.32 bits per heavy atom. The monoisotopic (exact) mass is 265 g/mol. The van der Waals surface area contributed by atoms with E-state index in [0.29, 0.717) is 23.5 Å². The average Bonchev–Trinajstić information content (AvgIpc) is 2.43. The maximum atomic E-state index is 11.9. The van der Waals surface area contributed by atoms with Crippen LogP contribution in [0.3, 0.4) is 0 Å². The number of nitrogens with one attached hydrogen (secondary N) is 2. The minimum Gasteiger partial charge on any atom is -0.497 e. The molecule has 6 heteroatoms. The summed E-state index contributed by atoms with van der Waals surface area (Å²) in [6.07, 6.45) is 0.850. The van der Waals surface area contributed by atoms with Crippen LogP contribution in [0.4, 0.5) is 5.69 Å². The van der Waals surface area contributed by atoms with Crippen LogP contribution in [-0.2, 0) is 4.79 Å². The van der Waals surface area contributed by atoms with Gasteiger partial charge in [0, 0.05) is 12.2 Å². The standard InChI is InChI=1S/C13H19N3O3/c1-3-6-15-12(17)8-16-13(18)10-7-9(19-2)4-5-11(10)14/h4-5,7H,3,6,8,14H2,1-2H3,(H,15,17)(H,16,18). The molecule has 0 aromatic heterocycles. The van der Waals surface area contributed by atoms with Crippen LogP contribution in [0, 0.1) is 0 Å².